The van der Waals surface area contributed by atoms with E-state index in [1.807, 2.05) is 20.8 Å². The van der Waals surface area contributed by atoms with Gasteiger partial charge in [-0.25, -0.2) is 0 Å². The third-order valence-corrected chi connectivity index (χ3v) is 4.47. The highest BCUT2D eigenvalue weighted by Gasteiger charge is 2.27. The van der Waals surface area contributed by atoms with Crippen molar-refractivity contribution in [3.63, 3.8) is 0 Å². The van der Waals surface area contributed by atoms with E-state index >= 15 is 0 Å². The smallest absolute Gasteiger partial charge is 0.237 e. The molecule has 2 atom stereocenters. The fraction of sp³-hybridized carbons (Fsp3) is 0.632. The van der Waals surface area contributed by atoms with E-state index in [-0.39, 0.29) is 17.4 Å². The highest BCUT2D eigenvalue weighted by atomic mass is 16.5. The van der Waals surface area contributed by atoms with Crippen LogP contribution in [0.3, 0.4) is 0 Å². The van der Waals surface area contributed by atoms with Gasteiger partial charge in [-0.1, -0.05) is 45.0 Å². The van der Waals surface area contributed by atoms with Crippen LogP contribution in [0.2, 0.25) is 0 Å². The molecule has 1 amide bonds. The minimum Gasteiger partial charge on any atom is -0.373 e. The van der Waals surface area contributed by atoms with Crippen LogP contribution in [-0.2, 0) is 16.0 Å². The van der Waals surface area contributed by atoms with Crippen molar-refractivity contribution >= 4 is 5.91 Å². The summed E-state index contributed by atoms with van der Waals surface area (Å²) in [7, 11) is 0. The molecule has 1 aromatic rings. The molecule has 128 valence electrons. The lowest BCUT2D eigenvalue weighted by Gasteiger charge is -2.26. The lowest BCUT2D eigenvalue weighted by atomic mass is 9.87. The van der Waals surface area contributed by atoms with Gasteiger partial charge in [0.15, 0.2) is 0 Å². The van der Waals surface area contributed by atoms with Crippen LogP contribution in [0.5, 0.6) is 0 Å². The van der Waals surface area contributed by atoms with Gasteiger partial charge in [0.1, 0.15) is 0 Å². The summed E-state index contributed by atoms with van der Waals surface area (Å²) in [5.41, 5.74) is 8.46. The maximum Gasteiger partial charge on any atom is 0.237 e. The maximum atomic E-state index is 11.9. The second-order valence-electron chi connectivity index (χ2n) is 7.44. The van der Waals surface area contributed by atoms with Crippen molar-refractivity contribution < 1.29 is 9.53 Å². The van der Waals surface area contributed by atoms with Crippen LogP contribution in [0.15, 0.2) is 24.3 Å². The van der Waals surface area contributed by atoms with Crippen molar-refractivity contribution in [3.8, 4) is 0 Å². The van der Waals surface area contributed by atoms with Crippen molar-refractivity contribution in [2.45, 2.75) is 58.6 Å². The Balaban J connectivity index is 1.70. The van der Waals surface area contributed by atoms with Gasteiger partial charge in [-0.05, 0) is 42.2 Å². The third-order valence-electron chi connectivity index (χ3n) is 4.47. The molecule has 4 nitrogen and oxygen atoms in total. The zero-order chi connectivity index (χ0) is 16.9. The lowest BCUT2D eigenvalue weighted by Crippen LogP contribution is -2.48. The highest BCUT2D eigenvalue weighted by Crippen LogP contribution is 2.32. The summed E-state index contributed by atoms with van der Waals surface area (Å²) in [4.78, 5) is 11.9. The number of hydrogen-bond acceptors (Lipinski definition) is 3. The third kappa shape index (κ3) is 5.05. The molecule has 0 bridgehead atoms. The molecular weight excluding hydrogens is 288 g/mol. The van der Waals surface area contributed by atoms with Crippen molar-refractivity contribution in [3.05, 3.63) is 35.4 Å². The number of nitrogens with one attached hydrogen (secondary N) is 1. The number of fused-ring (bicyclic) bond motifs is 1. The second-order valence-corrected chi connectivity index (χ2v) is 7.44. The molecule has 0 fully saturated rings. The van der Waals surface area contributed by atoms with Crippen LogP contribution in [0.4, 0.5) is 0 Å². The van der Waals surface area contributed by atoms with E-state index in [9.17, 15) is 4.79 Å². The summed E-state index contributed by atoms with van der Waals surface area (Å²) >= 11 is 0. The molecule has 0 aliphatic heterocycles. The van der Waals surface area contributed by atoms with Gasteiger partial charge in [0.05, 0.1) is 12.1 Å². The van der Waals surface area contributed by atoms with Gasteiger partial charge in [-0.15, -0.1) is 0 Å². The zero-order valence-corrected chi connectivity index (χ0v) is 14.6. The standard InChI is InChI=1S/C19H30N2O2/c1-19(2,3)17(20)18(22)21-12-7-13-23-16-11-6-9-14-8-4-5-10-15(14)16/h4-5,8,10,16-17H,6-7,9,11-13,20H2,1-3H3,(H,21,22)/t16?,17-/m1/s1. The average molecular weight is 318 g/mol. The Morgan fingerprint density at radius 1 is 1.39 bits per heavy atom. The van der Waals surface area contributed by atoms with Gasteiger partial charge in [0, 0.05) is 13.2 Å². The molecule has 0 saturated carbocycles. The summed E-state index contributed by atoms with van der Waals surface area (Å²) in [6.07, 6.45) is 4.42. The second kappa shape index (κ2) is 7.93. The number of ether oxygens (including phenoxy) is 1. The van der Waals surface area contributed by atoms with Gasteiger partial charge in [-0.3, -0.25) is 4.79 Å². The van der Waals surface area contributed by atoms with Crippen molar-refractivity contribution in [1.29, 1.82) is 0 Å². The molecule has 0 saturated heterocycles. The number of nitrogens with two attached hydrogens (primary N) is 1. The molecule has 4 heteroatoms. The van der Waals surface area contributed by atoms with Crippen molar-refractivity contribution in [1.82, 2.24) is 5.32 Å². The largest absolute Gasteiger partial charge is 0.373 e. The molecule has 1 aliphatic carbocycles. The average Bonchev–Trinajstić information content (AvgIpc) is 2.53. The lowest BCUT2D eigenvalue weighted by molar-refractivity contribution is -0.124. The molecule has 1 aromatic carbocycles. The maximum absolute atomic E-state index is 11.9. The predicted molar refractivity (Wildman–Crippen MR) is 93.1 cm³/mol. The molecule has 0 aromatic heterocycles. The number of benzene rings is 1. The van der Waals surface area contributed by atoms with Gasteiger partial charge in [0.25, 0.3) is 0 Å². The Labute approximate surface area is 139 Å². The van der Waals surface area contributed by atoms with Gasteiger partial charge in [-0.2, -0.15) is 0 Å². The number of aryl methyl sites for hydroxylation is 1. The zero-order valence-electron chi connectivity index (χ0n) is 14.6. The Kier molecular flexibility index (Phi) is 6.19. The van der Waals surface area contributed by atoms with Crippen LogP contribution in [0.1, 0.15) is 57.3 Å². The summed E-state index contributed by atoms with van der Waals surface area (Å²) in [5, 5.41) is 2.90. The van der Waals surface area contributed by atoms with E-state index in [1.54, 1.807) is 0 Å². The monoisotopic (exact) mass is 318 g/mol. The fourth-order valence-electron chi connectivity index (χ4n) is 2.90. The molecule has 0 radical (unpaired) electrons. The van der Waals surface area contributed by atoms with E-state index in [1.165, 1.54) is 17.5 Å². The summed E-state index contributed by atoms with van der Waals surface area (Å²) in [6, 6.07) is 8.06. The Bertz CT molecular complexity index is 522. The summed E-state index contributed by atoms with van der Waals surface area (Å²) < 4.78 is 6.04. The summed E-state index contributed by atoms with van der Waals surface area (Å²) in [6.45, 7) is 7.18. The van der Waals surface area contributed by atoms with Crippen molar-refractivity contribution in [2.75, 3.05) is 13.2 Å². The Morgan fingerprint density at radius 2 is 2.13 bits per heavy atom. The number of carbonyl (C=O) groups excluding carboxylic acids is 1. The van der Waals surface area contributed by atoms with Crippen LogP contribution in [0, 0.1) is 5.41 Å². The minimum atomic E-state index is -0.478. The predicted octanol–water partition coefficient (Wildman–Crippen LogP) is 2.96. The van der Waals surface area contributed by atoms with Crippen LogP contribution >= 0.6 is 0 Å². The number of rotatable bonds is 6. The van der Waals surface area contributed by atoms with E-state index in [0.717, 1.165) is 19.3 Å². The van der Waals surface area contributed by atoms with Gasteiger partial charge < -0.3 is 15.8 Å². The number of carbonyl (C=O) groups is 1. The topological polar surface area (TPSA) is 64.4 Å². The van der Waals surface area contributed by atoms with Gasteiger partial charge >= 0.3 is 0 Å². The molecule has 1 aliphatic rings. The first kappa shape index (κ1) is 18.0. The molecule has 2 rings (SSSR count). The van der Waals surface area contributed by atoms with E-state index in [2.05, 4.69) is 29.6 Å². The number of hydrogen-bond donors (Lipinski definition) is 2. The normalized spacial score (nSPS) is 19.0. The van der Waals surface area contributed by atoms with E-state index < -0.39 is 6.04 Å². The SMILES string of the molecule is CC(C)(C)[C@H](N)C(=O)NCCCOC1CCCc2ccccc21. The summed E-state index contributed by atoms with van der Waals surface area (Å²) in [5.74, 6) is -0.0829. The van der Waals surface area contributed by atoms with E-state index in [4.69, 9.17) is 10.5 Å². The Hall–Kier alpha value is -1.39. The first-order valence-corrected chi connectivity index (χ1v) is 8.62. The number of amides is 1. The van der Waals surface area contributed by atoms with Crippen LogP contribution in [-0.4, -0.2) is 25.1 Å². The highest BCUT2D eigenvalue weighted by molar-refractivity contribution is 5.82. The fourth-order valence-corrected chi connectivity index (χ4v) is 2.90. The quantitative estimate of drug-likeness (QED) is 0.793. The molecule has 3 N–H and O–H groups in total. The van der Waals surface area contributed by atoms with Gasteiger partial charge in [0.2, 0.25) is 5.91 Å². The van der Waals surface area contributed by atoms with Crippen LogP contribution < -0.4 is 11.1 Å². The molecule has 0 heterocycles. The van der Waals surface area contributed by atoms with E-state index in [0.29, 0.717) is 13.2 Å². The molecule has 0 spiro atoms. The molecule has 1 unspecified atom stereocenters. The first-order chi connectivity index (χ1) is 10.9. The van der Waals surface area contributed by atoms with Crippen LogP contribution in [0.25, 0.3) is 0 Å². The van der Waals surface area contributed by atoms with Crippen molar-refractivity contribution in [2.24, 2.45) is 11.1 Å². The minimum absolute atomic E-state index is 0.0829. The Morgan fingerprint density at radius 3 is 2.87 bits per heavy atom. The first-order valence-electron chi connectivity index (χ1n) is 8.62. The molecule has 23 heavy (non-hydrogen) atoms. The molecular formula is C19H30N2O2.